The summed E-state index contributed by atoms with van der Waals surface area (Å²) in [5.74, 6) is -0.802. The number of carbonyl (C=O) groups is 1. The summed E-state index contributed by atoms with van der Waals surface area (Å²) in [6, 6.07) is 3.92. The number of aliphatic carboxylic acids is 1. The van der Waals surface area contributed by atoms with E-state index >= 15 is 0 Å². The zero-order valence-electron chi connectivity index (χ0n) is 9.15. The van der Waals surface area contributed by atoms with E-state index < -0.39 is 11.4 Å². The van der Waals surface area contributed by atoms with Gasteiger partial charge >= 0.3 is 5.97 Å². The average Bonchev–Trinajstić information content (AvgIpc) is 2.29. The summed E-state index contributed by atoms with van der Waals surface area (Å²) >= 11 is 0. The Kier molecular flexibility index (Phi) is 2.92. The lowest BCUT2D eigenvalue weighted by Crippen LogP contribution is -2.41. The third kappa shape index (κ3) is 1.80. The van der Waals surface area contributed by atoms with Gasteiger partial charge in [-0.15, -0.1) is 0 Å². The molecule has 0 radical (unpaired) electrons. The summed E-state index contributed by atoms with van der Waals surface area (Å²) in [7, 11) is 0. The van der Waals surface area contributed by atoms with Crippen LogP contribution in [-0.2, 0) is 16.6 Å². The monoisotopic (exact) mass is 220 g/mol. The van der Waals surface area contributed by atoms with Gasteiger partial charge in [-0.25, -0.2) is 0 Å². The molecule has 0 saturated carbocycles. The molecule has 2 rings (SSSR count). The Morgan fingerprint density at radius 2 is 2.44 bits per heavy atom. The number of carboxylic acid groups (broad SMARTS) is 1. The van der Waals surface area contributed by atoms with Gasteiger partial charge in [0.2, 0.25) is 0 Å². The molecule has 16 heavy (non-hydrogen) atoms. The molecule has 0 aliphatic heterocycles. The van der Waals surface area contributed by atoms with Crippen LogP contribution in [0.25, 0.3) is 0 Å². The Labute approximate surface area is 94.5 Å². The zero-order valence-corrected chi connectivity index (χ0v) is 9.15. The predicted octanol–water partition coefficient (Wildman–Crippen LogP) is 1.09. The molecule has 0 amide bonds. The quantitative estimate of drug-likeness (QED) is 0.799. The molecule has 0 bridgehead atoms. The highest BCUT2D eigenvalue weighted by Crippen LogP contribution is 2.37. The lowest BCUT2D eigenvalue weighted by molar-refractivity contribution is -0.138. The van der Waals surface area contributed by atoms with E-state index in [1.165, 1.54) is 0 Å². The first kappa shape index (κ1) is 11.1. The maximum absolute atomic E-state index is 11.0. The number of hydrogen-bond acceptors (Lipinski definition) is 3. The Morgan fingerprint density at radius 3 is 3.12 bits per heavy atom. The van der Waals surface area contributed by atoms with Crippen molar-refractivity contribution < 1.29 is 9.90 Å². The standard InChI is InChI=1S/C12H16N2O2/c13-8-12(7-10(15)16)5-1-3-9-4-2-6-14-11(9)12/h2,4,6H,1,3,5,7-8,13H2,(H,15,16). The number of fused-ring (bicyclic) bond motifs is 1. The lowest BCUT2D eigenvalue weighted by Gasteiger charge is -2.35. The smallest absolute Gasteiger partial charge is 0.304 e. The molecule has 0 fully saturated rings. The summed E-state index contributed by atoms with van der Waals surface area (Å²) in [6.45, 7) is 0.351. The maximum Gasteiger partial charge on any atom is 0.304 e. The van der Waals surface area contributed by atoms with Crippen LogP contribution < -0.4 is 5.73 Å². The molecule has 3 N–H and O–H groups in total. The van der Waals surface area contributed by atoms with Crippen LogP contribution in [0.3, 0.4) is 0 Å². The fourth-order valence-electron chi connectivity index (χ4n) is 2.59. The number of pyridine rings is 1. The van der Waals surface area contributed by atoms with E-state index in [2.05, 4.69) is 4.98 Å². The summed E-state index contributed by atoms with van der Waals surface area (Å²) in [5, 5.41) is 9.00. The highest BCUT2D eigenvalue weighted by Gasteiger charge is 2.38. The minimum absolute atomic E-state index is 0.0769. The van der Waals surface area contributed by atoms with Crippen molar-refractivity contribution in [2.75, 3.05) is 6.54 Å². The second kappa shape index (κ2) is 4.22. The molecule has 1 atom stereocenters. The summed E-state index contributed by atoms with van der Waals surface area (Å²) in [6.07, 6.45) is 4.58. The number of aryl methyl sites for hydroxylation is 1. The van der Waals surface area contributed by atoms with Crippen LogP contribution in [0.5, 0.6) is 0 Å². The zero-order chi connectivity index (χ0) is 11.6. The van der Waals surface area contributed by atoms with Crippen molar-refractivity contribution >= 4 is 5.97 Å². The van der Waals surface area contributed by atoms with Crippen molar-refractivity contribution in [1.82, 2.24) is 4.98 Å². The van der Waals surface area contributed by atoms with Crippen LogP contribution in [0.15, 0.2) is 18.3 Å². The maximum atomic E-state index is 11.0. The van der Waals surface area contributed by atoms with Gasteiger partial charge in [0.1, 0.15) is 0 Å². The van der Waals surface area contributed by atoms with Crippen LogP contribution in [0.2, 0.25) is 0 Å². The number of nitrogens with two attached hydrogens (primary N) is 1. The third-order valence-corrected chi connectivity index (χ3v) is 3.38. The van der Waals surface area contributed by atoms with Gasteiger partial charge in [-0.1, -0.05) is 6.07 Å². The second-order valence-corrected chi connectivity index (χ2v) is 4.42. The van der Waals surface area contributed by atoms with E-state index in [4.69, 9.17) is 10.8 Å². The molecule has 1 heterocycles. The van der Waals surface area contributed by atoms with Gasteiger partial charge < -0.3 is 10.8 Å². The topological polar surface area (TPSA) is 76.2 Å². The van der Waals surface area contributed by atoms with E-state index in [-0.39, 0.29) is 6.42 Å². The van der Waals surface area contributed by atoms with Crippen LogP contribution in [-0.4, -0.2) is 22.6 Å². The van der Waals surface area contributed by atoms with Crippen LogP contribution >= 0.6 is 0 Å². The number of aromatic nitrogens is 1. The SMILES string of the molecule is NCC1(CC(=O)O)CCCc2cccnc21. The van der Waals surface area contributed by atoms with Crippen LogP contribution in [0, 0.1) is 0 Å². The number of carboxylic acids is 1. The first-order valence-electron chi connectivity index (χ1n) is 5.54. The van der Waals surface area contributed by atoms with E-state index in [1.54, 1.807) is 6.20 Å². The highest BCUT2D eigenvalue weighted by molar-refractivity contribution is 5.69. The van der Waals surface area contributed by atoms with Crippen molar-refractivity contribution in [2.24, 2.45) is 5.73 Å². The molecular formula is C12H16N2O2. The summed E-state index contributed by atoms with van der Waals surface area (Å²) in [5.41, 5.74) is 7.39. The number of nitrogens with zero attached hydrogens (tertiary/aromatic N) is 1. The molecule has 4 heteroatoms. The fraction of sp³-hybridized carbons (Fsp3) is 0.500. The molecule has 86 valence electrons. The molecule has 1 unspecified atom stereocenters. The summed E-state index contributed by atoms with van der Waals surface area (Å²) < 4.78 is 0. The van der Waals surface area contributed by atoms with Crippen molar-refractivity contribution in [1.29, 1.82) is 0 Å². The number of hydrogen-bond donors (Lipinski definition) is 2. The minimum Gasteiger partial charge on any atom is -0.481 e. The van der Waals surface area contributed by atoms with Gasteiger partial charge in [-0.3, -0.25) is 9.78 Å². The Morgan fingerprint density at radius 1 is 1.62 bits per heavy atom. The Balaban J connectivity index is 2.44. The van der Waals surface area contributed by atoms with Crippen LogP contribution in [0.1, 0.15) is 30.5 Å². The molecule has 4 nitrogen and oxygen atoms in total. The highest BCUT2D eigenvalue weighted by atomic mass is 16.4. The second-order valence-electron chi connectivity index (χ2n) is 4.42. The minimum atomic E-state index is -0.802. The first-order chi connectivity index (χ1) is 7.68. The Hall–Kier alpha value is -1.42. The van der Waals surface area contributed by atoms with Crippen molar-refractivity contribution in [3.8, 4) is 0 Å². The largest absolute Gasteiger partial charge is 0.481 e. The predicted molar refractivity (Wildman–Crippen MR) is 60.2 cm³/mol. The van der Waals surface area contributed by atoms with Gasteiger partial charge in [-0.05, 0) is 30.9 Å². The van der Waals surface area contributed by atoms with Gasteiger partial charge in [0.15, 0.2) is 0 Å². The lowest BCUT2D eigenvalue weighted by atomic mass is 9.71. The average molecular weight is 220 g/mol. The van der Waals surface area contributed by atoms with Crippen molar-refractivity contribution in [3.63, 3.8) is 0 Å². The molecule has 0 saturated heterocycles. The van der Waals surface area contributed by atoms with Gasteiger partial charge in [0.05, 0.1) is 12.1 Å². The van der Waals surface area contributed by atoms with Crippen molar-refractivity contribution in [2.45, 2.75) is 31.1 Å². The molecule has 0 spiro atoms. The van der Waals surface area contributed by atoms with Crippen LogP contribution in [0.4, 0.5) is 0 Å². The fourth-order valence-corrected chi connectivity index (χ4v) is 2.59. The third-order valence-electron chi connectivity index (χ3n) is 3.38. The van der Waals surface area contributed by atoms with Gasteiger partial charge in [0.25, 0.3) is 0 Å². The van der Waals surface area contributed by atoms with E-state index in [1.807, 2.05) is 12.1 Å². The molecule has 1 aliphatic rings. The van der Waals surface area contributed by atoms with Crippen molar-refractivity contribution in [3.05, 3.63) is 29.6 Å². The van der Waals surface area contributed by atoms with E-state index in [0.29, 0.717) is 6.54 Å². The van der Waals surface area contributed by atoms with E-state index in [9.17, 15) is 4.79 Å². The van der Waals surface area contributed by atoms with Gasteiger partial charge in [0, 0.05) is 18.2 Å². The van der Waals surface area contributed by atoms with E-state index in [0.717, 1.165) is 30.5 Å². The molecular weight excluding hydrogens is 204 g/mol. The molecule has 1 aromatic heterocycles. The normalized spacial score (nSPS) is 23.8. The number of rotatable bonds is 3. The molecule has 0 aromatic carbocycles. The van der Waals surface area contributed by atoms with Gasteiger partial charge in [-0.2, -0.15) is 0 Å². The summed E-state index contributed by atoms with van der Waals surface area (Å²) in [4.78, 5) is 15.3. The molecule has 1 aliphatic carbocycles. The first-order valence-corrected chi connectivity index (χ1v) is 5.54. The Bertz CT molecular complexity index is 406. The molecule has 1 aromatic rings.